The Kier molecular flexibility index (Phi) is 10.8. The fraction of sp³-hybridized carbons (Fsp3) is 0.552. The number of carbonyl (C=O) groups is 1. The van der Waals surface area contributed by atoms with Crippen LogP contribution in [0.4, 0.5) is 0 Å². The highest BCUT2D eigenvalue weighted by Gasteiger charge is 2.52. The molecule has 1 N–H and O–H groups in total. The summed E-state index contributed by atoms with van der Waals surface area (Å²) in [6, 6.07) is 14.0. The largest absolute Gasteiger partial charge is 0.497 e. The highest BCUT2D eigenvalue weighted by Crippen LogP contribution is 2.36. The van der Waals surface area contributed by atoms with Crippen molar-refractivity contribution < 1.29 is 27.4 Å². The number of ether oxygens (including phenoxy) is 3. The van der Waals surface area contributed by atoms with Crippen LogP contribution in [0.15, 0.2) is 53.4 Å². The van der Waals surface area contributed by atoms with E-state index >= 15 is 0 Å². The molecular weight excluding hydrogens is 490 g/mol. The second-order valence-electron chi connectivity index (χ2n) is 9.60. The summed E-state index contributed by atoms with van der Waals surface area (Å²) in [5, 5.41) is 3.58. The van der Waals surface area contributed by atoms with Crippen molar-refractivity contribution in [3.8, 4) is 11.5 Å². The monoisotopic (exact) mass is 531 g/mol. The standard InChI is InChI=1S/C29H41NO6S/c1-4-19-29(28(31)35-5-2,37(32,33)27-16-14-25(34-3)15-17-27)22-23-10-12-26(13-11-23)36-21-18-24-9-7-6-8-20-30-24/h10-17,24,30H,4-9,18-22H2,1-3H3. The van der Waals surface area contributed by atoms with Crippen molar-refractivity contribution in [2.45, 2.75) is 80.9 Å². The summed E-state index contributed by atoms with van der Waals surface area (Å²) >= 11 is 0. The molecule has 0 radical (unpaired) electrons. The van der Waals surface area contributed by atoms with Gasteiger partial charge in [-0.1, -0.05) is 38.3 Å². The number of esters is 1. The van der Waals surface area contributed by atoms with Crippen molar-refractivity contribution in [2.24, 2.45) is 0 Å². The highest BCUT2D eigenvalue weighted by molar-refractivity contribution is 7.93. The predicted octanol–water partition coefficient (Wildman–Crippen LogP) is 5.11. The van der Waals surface area contributed by atoms with Gasteiger partial charge in [0.25, 0.3) is 0 Å². The zero-order valence-corrected chi connectivity index (χ0v) is 23.1. The van der Waals surface area contributed by atoms with Gasteiger partial charge in [0.15, 0.2) is 14.6 Å². The van der Waals surface area contributed by atoms with Gasteiger partial charge < -0.3 is 19.5 Å². The fourth-order valence-electron chi connectivity index (χ4n) is 4.95. The number of rotatable bonds is 13. The maximum Gasteiger partial charge on any atom is 0.328 e. The van der Waals surface area contributed by atoms with Crippen LogP contribution in [0.25, 0.3) is 0 Å². The number of benzene rings is 2. The van der Waals surface area contributed by atoms with Crippen LogP contribution in [0.3, 0.4) is 0 Å². The Bertz CT molecular complexity index is 1080. The SMILES string of the molecule is CCCC(Cc1ccc(OCCC2CCCCCN2)cc1)(C(=O)OCC)S(=O)(=O)c1ccc(OC)cc1. The van der Waals surface area contributed by atoms with E-state index in [2.05, 4.69) is 5.32 Å². The molecule has 1 fully saturated rings. The summed E-state index contributed by atoms with van der Waals surface area (Å²) in [7, 11) is -2.56. The average molecular weight is 532 g/mol. The Morgan fingerprint density at radius 1 is 1.00 bits per heavy atom. The van der Waals surface area contributed by atoms with E-state index < -0.39 is 20.6 Å². The Hall–Kier alpha value is -2.58. The summed E-state index contributed by atoms with van der Waals surface area (Å²) < 4.78 is 42.7. The third kappa shape index (κ3) is 7.26. The average Bonchev–Trinajstić information content (AvgIpc) is 3.18. The molecule has 1 saturated heterocycles. The van der Waals surface area contributed by atoms with E-state index in [9.17, 15) is 13.2 Å². The number of carbonyl (C=O) groups excluding carboxylic acids is 1. The van der Waals surface area contributed by atoms with Gasteiger partial charge in [-0.2, -0.15) is 0 Å². The van der Waals surface area contributed by atoms with Crippen molar-refractivity contribution in [1.82, 2.24) is 5.32 Å². The number of hydrogen-bond donors (Lipinski definition) is 1. The minimum atomic E-state index is -4.08. The lowest BCUT2D eigenvalue weighted by Gasteiger charge is -2.31. The van der Waals surface area contributed by atoms with Crippen LogP contribution >= 0.6 is 0 Å². The number of methoxy groups -OCH3 is 1. The lowest BCUT2D eigenvalue weighted by molar-refractivity contribution is -0.146. The van der Waals surface area contributed by atoms with Gasteiger partial charge in [0.2, 0.25) is 0 Å². The second-order valence-corrected chi connectivity index (χ2v) is 11.9. The van der Waals surface area contributed by atoms with Crippen molar-refractivity contribution in [3.05, 3.63) is 54.1 Å². The molecule has 1 heterocycles. The first kappa shape index (κ1) is 29.0. The molecule has 8 heteroatoms. The maximum absolute atomic E-state index is 14.0. The Labute approximate surface area is 221 Å². The van der Waals surface area contributed by atoms with E-state index in [-0.39, 0.29) is 24.3 Å². The van der Waals surface area contributed by atoms with Crippen molar-refractivity contribution in [3.63, 3.8) is 0 Å². The summed E-state index contributed by atoms with van der Waals surface area (Å²) in [5.41, 5.74) is 0.733. The first-order chi connectivity index (χ1) is 17.9. The molecule has 2 atom stereocenters. The Morgan fingerprint density at radius 2 is 1.70 bits per heavy atom. The first-order valence-corrected chi connectivity index (χ1v) is 14.9. The number of nitrogens with one attached hydrogen (secondary N) is 1. The topological polar surface area (TPSA) is 90.9 Å². The molecule has 1 aliphatic rings. The second kappa shape index (κ2) is 13.8. The van der Waals surface area contributed by atoms with Gasteiger partial charge in [-0.15, -0.1) is 0 Å². The lowest BCUT2D eigenvalue weighted by atomic mass is 9.94. The van der Waals surface area contributed by atoms with E-state index in [0.29, 0.717) is 24.8 Å². The van der Waals surface area contributed by atoms with Crippen molar-refractivity contribution in [2.75, 3.05) is 26.9 Å². The first-order valence-electron chi connectivity index (χ1n) is 13.4. The van der Waals surface area contributed by atoms with Gasteiger partial charge in [0.1, 0.15) is 11.5 Å². The van der Waals surface area contributed by atoms with E-state index in [1.807, 2.05) is 31.2 Å². The molecule has 0 spiro atoms. The zero-order chi connectivity index (χ0) is 26.7. The van der Waals surface area contributed by atoms with Crippen LogP contribution in [-0.4, -0.2) is 52.0 Å². The zero-order valence-electron chi connectivity index (χ0n) is 22.3. The van der Waals surface area contributed by atoms with Crippen LogP contribution in [0.2, 0.25) is 0 Å². The molecule has 0 saturated carbocycles. The smallest absolute Gasteiger partial charge is 0.328 e. The molecule has 0 bridgehead atoms. The lowest BCUT2D eigenvalue weighted by Crippen LogP contribution is -2.49. The molecule has 2 aromatic carbocycles. The van der Waals surface area contributed by atoms with Crippen LogP contribution < -0.4 is 14.8 Å². The third-order valence-electron chi connectivity index (χ3n) is 7.00. The molecule has 0 amide bonds. The Balaban J connectivity index is 1.80. The molecule has 2 aromatic rings. The summed E-state index contributed by atoms with van der Waals surface area (Å²) in [5.74, 6) is 0.554. The summed E-state index contributed by atoms with van der Waals surface area (Å²) in [6.07, 6.45) is 6.57. The summed E-state index contributed by atoms with van der Waals surface area (Å²) in [6.45, 7) is 5.35. The quantitative estimate of drug-likeness (QED) is 0.359. The van der Waals surface area contributed by atoms with Crippen LogP contribution in [0.1, 0.15) is 64.4 Å². The molecule has 3 rings (SSSR count). The fourth-order valence-corrected chi connectivity index (χ4v) is 7.00. The molecule has 0 aliphatic carbocycles. The minimum Gasteiger partial charge on any atom is -0.497 e. The van der Waals surface area contributed by atoms with E-state index in [1.165, 1.54) is 44.9 Å². The van der Waals surface area contributed by atoms with Gasteiger partial charge in [-0.25, -0.2) is 8.42 Å². The van der Waals surface area contributed by atoms with Gasteiger partial charge in [-0.3, -0.25) is 4.79 Å². The molecule has 37 heavy (non-hydrogen) atoms. The Morgan fingerprint density at radius 3 is 2.35 bits per heavy atom. The van der Waals surface area contributed by atoms with Gasteiger partial charge in [0.05, 0.1) is 25.2 Å². The van der Waals surface area contributed by atoms with Gasteiger partial charge in [0, 0.05) is 12.5 Å². The van der Waals surface area contributed by atoms with Crippen molar-refractivity contribution >= 4 is 15.8 Å². The number of hydrogen-bond acceptors (Lipinski definition) is 7. The minimum absolute atomic E-state index is 0.0142. The molecular formula is C29H41NO6S. The third-order valence-corrected chi connectivity index (χ3v) is 9.43. The molecule has 7 nitrogen and oxygen atoms in total. The molecule has 0 aromatic heterocycles. The molecule has 1 aliphatic heterocycles. The predicted molar refractivity (Wildman–Crippen MR) is 145 cm³/mol. The van der Waals surface area contributed by atoms with E-state index in [4.69, 9.17) is 14.2 Å². The summed E-state index contributed by atoms with van der Waals surface area (Å²) in [4.78, 5) is 13.4. The molecule has 2 unspecified atom stereocenters. The number of sulfone groups is 1. The van der Waals surface area contributed by atoms with E-state index in [0.717, 1.165) is 24.3 Å². The normalized spacial score (nSPS) is 17.9. The molecule has 204 valence electrons. The van der Waals surface area contributed by atoms with Crippen LogP contribution in [-0.2, 0) is 25.8 Å². The van der Waals surface area contributed by atoms with Crippen LogP contribution in [0, 0.1) is 0 Å². The van der Waals surface area contributed by atoms with Crippen molar-refractivity contribution in [1.29, 1.82) is 0 Å². The van der Waals surface area contributed by atoms with Gasteiger partial charge in [-0.05, 0) is 81.1 Å². The van der Waals surface area contributed by atoms with Gasteiger partial charge >= 0.3 is 5.97 Å². The van der Waals surface area contributed by atoms with Crippen LogP contribution in [0.5, 0.6) is 11.5 Å². The highest BCUT2D eigenvalue weighted by atomic mass is 32.2. The van der Waals surface area contributed by atoms with E-state index in [1.54, 1.807) is 19.1 Å². The maximum atomic E-state index is 14.0.